The van der Waals surface area contributed by atoms with Crippen molar-refractivity contribution in [1.29, 1.82) is 0 Å². The molecule has 0 N–H and O–H groups in total. The molecule has 0 radical (unpaired) electrons. The van der Waals surface area contributed by atoms with Gasteiger partial charge in [-0.25, -0.2) is 0 Å². The van der Waals surface area contributed by atoms with E-state index in [1.54, 1.807) is 0 Å². The van der Waals surface area contributed by atoms with E-state index >= 15 is 0 Å². The van der Waals surface area contributed by atoms with Gasteiger partial charge in [0.1, 0.15) is 0 Å². The topological polar surface area (TPSA) is 45.4 Å². The SMILES string of the molecule is C[C@H](c1nc(C2CC2)no1)N1CCC(CN2CCCCCC2)CC1. The summed E-state index contributed by atoms with van der Waals surface area (Å²) in [4.78, 5) is 9.89. The molecule has 3 heterocycles. The van der Waals surface area contributed by atoms with Crippen LogP contribution in [0.1, 0.15) is 82.0 Å². The highest BCUT2D eigenvalue weighted by atomic mass is 16.5. The maximum atomic E-state index is 5.53. The molecule has 134 valence electrons. The highest BCUT2D eigenvalue weighted by Crippen LogP contribution is 2.38. The lowest BCUT2D eigenvalue weighted by Crippen LogP contribution is -2.40. The smallest absolute Gasteiger partial charge is 0.243 e. The molecule has 1 aliphatic carbocycles. The van der Waals surface area contributed by atoms with Gasteiger partial charge in [0.05, 0.1) is 6.04 Å². The van der Waals surface area contributed by atoms with Crippen LogP contribution in [0.15, 0.2) is 4.52 Å². The van der Waals surface area contributed by atoms with E-state index < -0.39 is 0 Å². The first-order chi connectivity index (χ1) is 11.8. The molecule has 0 bridgehead atoms. The van der Waals surface area contributed by atoms with Gasteiger partial charge in [-0.05, 0) is 77.5 Å². The van der Waals surface area contributed by atoms with E-state index in [1.807, 2.05) is 0 Å². The molecule has 2 saturated heterocycles. The van der Waals surface area contributed by atoms with Crippen LogP contribution in [0.3, 0.4) is 0 Å². The summed E-state index contributed by atoms with van der Waals surface area (Å²) in [7, 11) is 0. The third kappa shape index (κ3) is 3.99. The van der Waals surface area contributed by atoms with E-state index in [2.05, 4.69) is 26.9 Å². The van der Waals surface area contributed by atoms with Gasteiger partial charge in [0.25, 0.3) is 0 Å². The monoisotopic (exact) mass is 332 g/mol. The minimum Gasteiger partial charge on any atom is -0.338 e. The van der Waals surface area contributed by atoms with Crippen molar-refractivity contribution < 1.29 is 4.52 Å². The Balaban J connectivity index is 1.25. The first-order valence-corrected chi connectivity index (χ1v) is 10.1. The minimum atomic E-state index is 0.268. The second-order valence-electron chi connectivity index (χ2n) is 8.14. The molecule has 2 aliphatic heterocycles. The van der Waals surface area contributed by atoms with Gasteiger partial charge in [-0.2, -0.15) is 4.98 Å². The maximum absolute atomic E-state index is 5.53. The zero-order valence-corrected chi connectivity index (χ0v) is 15.1. The van der Waals surface area contributed by atoms with Crippen LogP contribution in [-0.4, -0.2) is 52.7 Å². The third-order valence-electron chi connectivity index (χ3n) is 6.17. The highest BCUT2D eigenvalue weighted by Gasteiger charge is 2.32. The molecule has 0 aromatic carbocycles. The van der Waals surface area contributed by atoms with E-state index in [4.69, 9.17) is 4.52 Å². The number of likely N-dealkylation sites (tertiary alicyclic amines) is 2. The molecule has 1 aromatic heterocycles. The fourth-order valence-electron chi connectivity index (χ4n) is 4.29. The van der Waals surface area contributed by atoms with Crippen molar-refractivity contribution in [2.45, 2.75) is 70.3 Å². The molecular formula is C19H32N4O. The molecule has 24 heavy (non-hydrogen) atoms. The number of piperidine rings is 1. The molecule has 0 amide bonds. The predicted octanol–water partition coefficient (Wildman–Crippen LogP) is 3.60. The number of rotatable bonds is 5. The first kappa shape index (κ1) is 16.5. The number of hydrogen-bond donors (Lipinski definition) is 0. The standard InChI is InChI=1S/C19H32N4O/c1-15(19-20-18(21-24-19)17-6-7-17)23-12-8-16(9-13-23)14-22-10-4-2-3-5-11-22/h15-17H,2-14H2,1H3/t15-/m1/s1. The van der Waals surface area contributed by atoms with Crippen molar-refractivity contribution in [2.24, 2.45) is 5.92 Å². The predicted molar refractivity (Wildman–Crippen MR) is 93.9 cm³/mol. The van der Waals surface area contributed by atoms with Crippen LogP contribution in [0.5, 0.6) is 0 Å². The fraction of sp³-hybridized carbons (Fsp3) is 0.895. The Morgan fingerprint density at radius 2 is 1.71 bits per heavy atom. The third-order valence-corrected chi connectivity index (χ3v) is 6.17. The Hall–Kier alpha value is -0.940. The van der Waals surface area contributed by atoms with E-state index in [0.29, 0.717) is 5.92 Å². The summed E-state index contributed by atoms with van der Waals surface area (Å²) in [5.41, 5.74) is 0. The molecule has 5 heteroatoms. The lowest BCUT2D eigenvalue weighted by molar-refractivity contribution is 0.102. The van der Waals surface area contributed by atoms with Crippen LogP contribution in [0.25, 0.3) is 0 Å². The normalized spacial score (nSPS) is 26.4. The van der Waals surface area contributed by atoms with Crippen LogP contribution >= 0.6 is 0 Å². The summed E-state index contributed by atoms with van der Waals surface area (Å²) in [6.07, 6.45) is 10.7. The Labute approximate surface area is 145 Å². The van der Waals surface area contributed by atoms with Crippen molar-refractivity contribution in [3.63, 3.8) is 0 Å². The second kappa shape index (κ2) is 7.52. The Kier molecular flexibility index (Phi) is 5.18. The molecule has 1 saturated carbocycles. The van der Waals surface area contributed by atoms with Crippen molar-refractivity contribution in [2.75, 3.05) is 32.7 Å². The summed E-state index contributed by atoms with van der Waals surface area (Å²) in [5, 5.41) is 4.18. The summed E-state index contributed by atoms with van der Waals surface area (Å²) < 4.78 is 5.53. The van der Waals surface area contributed by atoms with E-state index in [9.17, 15) is 0 Å². The molecule has 4 rings (SSSR count). The van der Waals surface area contributed by atoms with Gasteiger partial charge in [-0.1, -0.05) is 18.0 Å². The molecule has 0 unspecified atom stereocenters. The second-order valence-corrected chi connectivity index (χ2v) is 8.14. The van der Waals surface area contributed by atoms with E-state index in [-0.39, 0.29) is 6.04 Å². The first-order valence-electron chi connectivity index (χ1n) is 10.1. The van der Waals surface area contributed by atoms with Crippen LogP contribution in [-0.2, 0) is 0 Å². The molecular weight excluding hydrogens is 300 g/mol. The zero-order chi connectivity index (χ0) is 16.4. The van der Waals surface area contributed by atoms with E-state index in [1.165, 1.54) is 84.1 Å². The Bertz CT molecular complexity index is 511. The number of hydrogen-bond acceptors (Lipinski definition) is 5. The van der Waals surface area contributed by atoms with Gasteiger partial charge in [0, 0.05) is 12.5 Å². The number of aromatic nitrogens is 2. The van der Waals surface area contributed by atoms with Crippen molar-refractivity contribution in [3.8, 4) is 0 Å². The Morgan fingerprint density at radius 1 is 1.00 bits per heavy atom. The van der Waals surface area contributed by atoms with Gasteiger partial charge in [0.2, 0.25) is 5.89 Å². The van der Waals surface area contributed by atoms with Gasteiger partial charge in [-0.3, -0.25) is 4.90 Å². The average molecular weight is 332 g/mol. The van der Waals surface area contributed by atoms with Gasteiger partial charge < -0.3 is 9.42 Å². The van der Waals surface area contributed by atoms with Crippen molar-refractivity contribution in [3.05, 3.63) is 11.7 Å². The molecule has 3 aliphatic rings. The average Bonchev–Trinajstić information content (AvgIpc) is 3.39. The van der Waals surface area contributed by atoms with Crippen LogP contribution in [0.2, 0.25) is 0 Å². The largest absolute Gasteiger partial charge is 0.338 e. The molecule has 0 spiro atoms. The van der Waals surface area contributed by atoms with E-state index in [0.717, 1.165) is 17.6 Å². The summed E-state index contributed by atoms with van der Waals surface area (Å²) in [6, 6.07) is 0.268. The lowest BCUT2D eigenvalue weighted by atomic mass is 9.95. The fourth-order valence-corrected chi connectivity index (χ4v) is 4.29. The van der Waals surface area contributed by atoms with Gasteiger partial charge >= 0.3 is 0 Å². The quantitative estimate of drug-likeness (QED) is 0.824. The summed E-state index contributed by atoms with van der Waals surface area (Å²) in [5.74, 6) is 3.21. The van der Waals surface area contributed by atoms with Gasteiger partial charge in [0.15, 0.2) is 5.82 Å². The zero-order valence-electron chi connectivity index (χ0n) is 15.1. The lowest BCUT2D eigenvalue weighted by Gasteiger charge is -2.36. The molecule has 5 nitrogen and oxygen atoms in total. The number of nitrogens with zero attached hydrogens (tertiary/aromatic N) is 4. The summed E-state index contributed by atoms with van der Waals surface area (Å²) >= 11 is 0. The minimum absolute atomic E-state index is 0.268. The Morgan fingerprint density at radius 3 is 2.38 bits per heavy atom. The van der Waals surface area contributed by atoms with Crippen molar-refractivity contribution in [1.82, 2.24) is 19.9 Å². The summed E-state index contributed by atoms with van der Waals surface area (Å²) in [6.45, 7) is 8.51. The van der Waals surface area contributed by atoms with Crippen LogP contribution in [0, 0.1) is 5.92 Å². The van der Waals surface area contributed by atoms with Crippen LogP contribution < -0.4 is 0 Å². The highest BCUT2D eigenvalue weighted by molar-refractivity contribution is 5.04. The van der Waals surface area contributed by atoms with Crippen molar-refractivity contribution >= 4 is 0 Å². The maximum Gasteiger partial charge on any atom is 0.243 e. The molecule has 3 fully saturated rings. The molecule has 1 aromatic rings. The van der Waals surface area contributed by atoms with Crippen LogP contribution in [0.4, 0.5) is 0 Å². The molecule has 1 atom stereocenters. The van der Waals surface area contributed by atoms with Gasteiger partial charge in [-0.15, -0.1) is 0 Å².